The Kier molecular flexibility index (Phi) is 4.76. The van der Waals surface area contributed by atoms with Gasteiger partial charge in [0.1, 0.15) is 17.4 Å². The highest BCUT2D eigenvalue weighted by atomic mass is 16.5. The standard InChI is InChI=1S/C21H24N4O2/c1-2-6-17-19-18(16(12-22)20(23)27-21(19)25-24-17)13-7-5-10-15(11-13)26-14-8-3-4-9-14/h5,7,10-11,14,18H,2-4,6,8-9,23H2,1H3,(H,24,25)/t18-/m0/s1. The van der Waals surface area contributed by atoms with Gasteiger partial charge in [0, 0.05) is 11.3 Å². The van der Waals surface area contributed by atoms with Crippen LogP contribution in [-0.4, -0.2) is 16.3 Å². The summed E-state index contributed by atoms with van der Waals surface area (Å²) in [5, 5.41) is 17.1. The molecule has 1 fully saturated rings. The normalized spacial score (nSPS) is 19.5. The van der Waals surface area contributed by atoms with Crippen LogP contribution in [-0.2, 0) is 6.42 Å². The molecule has 2 aromatic rings. The zero-order valence-electron chi connectivity index (χ0n) is 15.5. The van der Waals surface area contributed by atoms with Crippen LogP contribution in [0.15, 0.2) is 35.7 Å². The summed E-state index contributed by atoms with van der Waals surface area (Å²) >= 11 is 0. The zero-order valence-corrected chi connectivity index (χ0v) is 15.5. The summed E-state index contributed by atoms with van der Waals surface area (Å²) in [5.74, 6) is 1.11. The average molecular weight is 364 g/mol. The minimum Gasteiger partial charge on any atom is -0.490 e. The first-order valence-corrected chi connectivity index (χ1v) is 9.62. The zero-order chi connectivity index (χ0) is 18.8. The number of nitriles is 1. The molecule has 0 spiro atoms. The average Bonchev–Trinajstić information content (AvgIpc) is 3.31. The fourth-order valence-electron chi connectivity index (χ4n) is 4.05. The van der Waals surface area contributed by atoms with E-state index >= 15 is 0 Å². The van der Waals surface area contributed by atoms with Gasteiger partial charge in [-0.3, -0.25) is 5.10 Å². The highest BCUT2D eigenvalue weighted by molar-refractivity contribution is 5.56. The van der Waals surface area contributed by atoms with Crippen molar-refractivity contribution in [3.8, 4) is 17.7 Å². The number of aromatic nitrogens is 2. The summed E-state index contributed by atoms with van der Waals surface area (Å²) in [5.41, 5.74) is 9.31. The van der Waals surface area contributed by atoms with Gasteiger partial charge in [-0.25, -0.2) is 0 Å². The lowest BCUT2D eigenvalue weighted by Crippen LogP contribution is -2.21. The van der Waals surface area contributed by atoms with E-state index in [0.29, 0.717) is 11.5 Å². The fourth-order valence-corrected chi connectivity index (χ4v) is 4.05. The number of nitrogens with zero attached hydrogens (tertiary/aromatic N) is 2. The minimum absolute atomic E-state index is 0.117. The first kappa shape index (κ1) is 17.5. The number of H-pyrrole nitrogens is 1. The van der Waals surface area contributed by atoms with E-state index in [1.807, 2.05) is 24.3 Å². The van der Waals surface area contributed by atoms with Crippen LogP contribution < -0.4 is 15.2 Å². The number of rotatable bonds is 5. The smallest absolute Gasteiger partial charge is 0.244 e. The van der Waals surface area contributed by atoms with Crippen LogP contribution in [0.5, 0.6) is 11.6 Å². The van der Waals surface area contributed by atoms with Crippen molar-refractivity contribution in [1.82, 2.24) is 10.2 Å². The second-order valence-electron chi connectivity index (χ2n) is 7.19. The van der Waals surface area contributed by atoms with Gasteiger partial charge in [-0.2, -0.15) is 5.26 Å². The van der Waals surface area contributed by atoms with Crippen molar-refractivity contribution in [2.45, 2.75) is 57.5 Å². The molecule has 4 rings (SSSR count). The number of nitrogens with two attached hydrogens (primary N) is 1. The van der Waals surface area contributed by atoms with Gasteiger partial charge in [0.05, 0.1) is 12.0 Å². The lowest BCUT2D eigenvalue weighted by Gasteiger charge is -2.24. The Hall–Kier alpha value is -2.94. The molecule has 1 saturated carbocycles. The highest BCUT2D eigenvalue weighted by Gasteiger charge is 2.35. The third-order valence-electron chi connectivity index (χ3n) is 5.31. The van der Waals surface area contributed by atoms with Crippen molar-refractivity contribution in [3.05, 3.63) is 52.5 Å². The lowest BCUT2D eigenvalue weighted by molar-refractivity contribution is 0.210. The van der Waals surface area contributed by atoms with E-state index in [2.05, 4.69) is 23.2 Å². The number of aryl methyl sites for hydroxylation is 1. The molecule has 0 saturated heterocycles. The Morgan fingerprint density at radius 1 is 1.37 bits per heavy atom. The number of aromatic amines is 1. The topological polar surface area (TPSA) is 97.0 Å². The molecule has 6 heteroatoms. The molecule has 0 radical (unpaired) electrons. The first-order valence-electron chi connectivity index (χ1n) is 9.62. The van der Waals surface area contributed by atoms with Gasteiger partial charge < -0.3 is 15.2 Å². The molecule has 1 aromatic heterocycles. The SMILES string of the molecule is CCCc1[nH]nc2c1[C@@H](c1cccc(OC3CCCC3)c1)C(C#N)=C(N)O2. The van der Waals surface area contributed by atoms with Crippen LogP contribution in [0.2, 0.25) is 0 Å². The molecule has 140 valence electrons. The highest BCUT2D eigenvalue weighted by Crippen LogP contribution is 2.43. The second-order valence-corrected chi connectivity index (χ2v) is 7.19. The summed E-state index contributed by atoms with van der Waals surface area (Å²) in [6, 6.07) is 10.2. The Bertz CT molecular complexity index is 903. The van der Waals surface area contributed by atoms with Crippen LogP contribution in [0.25, 0.3) is 0 Å². The predicted molar refractivity (Wildman–Crippen MR) is 101 cm³/mol. The molecule has 1 atom stereocenters. The summed E-state index contributed by atoms with van der Waals surface area (Å²) in [6.45, 7) is 2.11. The van der Waals surface area contributed by atoms with Gasteiger partial charge in [-0.1, -0.05) is 25.5 Å². The number of hydrogen-bond donors (Lipinski definition) is 2. The van der Waals surface area contributed by atoms with E-state index in [9.17, 15) is 5.26 Å². The van der Waals surface area contributed by atoms with Crippen LogP contribution in [0.4, 0.5) is 0 Å². The van der Waals surface area contributed by atoms with E-state index in [1.54, 1.807) is 0 Å². The van der Waals surface area contributed by atoms with E-state index in [0.717, 1.165) is 48.3 Å². The monoisotopic (exact) mass is 364 g/mol. The number of ether oxygens (including phenoxy) is 2. The van der Waals surface area contributed by atoms with Gasteiger partial charge in [0.2, 0.25) is 11.8 Å². The molecule has 0 bridgehead atoms. The predicted octanol–water partition coefficient (Wildman–Crippen LogP) is 3.90. The summed E-state index contributed by atoms with van der Waals surface area (Å²) in [6.07, 6.45) is 6.73. The van der Waals surface area contributed by atoms with E-state index in [-0.39, 0.29) is 17.9 Å². The van der Waals surface area contributed by atoms with Crippen molar-refractivity contribution in [1.29, 1.82) is 5.26 Å². The number of allylic oxidation sites excluding steroid dienone is 1. The van der Waals surface area contributed by atoms with Crippen LogP contribution >= 0.6 is 0 Å². The molecule has 2 heterocycles. The van der Waals surface area contributed by atoms with E-state index < -0.39 is 0 Å². The molecule has 6 nitrogen and oxygen atoms in total. The molecular weight excluding hydrogens is 340 g/mol. The maximum atomic E-state index is 9.75. The summed E-state index contributed by atoms with van der Waals surface area (Å²) in [7, 11) is 0. The number of hydrogen-bond acceptors (Lipinski definition) is 5. The molecule has 3 N–H and O–H groups in total. The number of nitrogens with one attached hydrogen (secondary N) is 1. The minimum atomic E-state index is -0.300. The third kappa shape index (κ3) is 3.25. The van der Waals surface area contributed by atoms with Gasteiger partial charge in [0.15, 0.2) is 0 Å². The number of fused-ring (bicyclic) bond motifs is 1. The Labute approximate surface area is 159 Å². The molecule has 1 aliphatic heterocycles. The Morgan fingerprint density at radius 3 is 2.93 bits per heavy atom. The van der Waals surface area contributed by atoms with Gasteiger partial charge in [-0.05, 0) is 49.8 Å². The second kappa shape index (κ2) is 7.36. The third-order valence-corrected chi connectivity index (χ3v) is 5.31. The van der Waals surface area contributed by atoms with E-state index in [4.69, 9.17) is 15.2 Å². The lowest BCUT2D eigenvalue weighted by atomic mass is 9.83. The maximum Gasteiger partial charge on any atom is 0.244 e. The van der Waals surface area contributed by atoms with Gasteiger partial charge in [-0.15, -0.1) is 5.10 Å². The quantitative estimate of drug-likeness (QED) is 0.838. The first-order chi connectivity index (χ1) is 13.2. The van der Waals surface area contributed by atoms with Crippen LogP contribution in [0, 0.1) is 11.3 Å². The van der Waals surface area contributed by atoms with Crippen LogP contribution in [0.1, 0.15) is 61.8 Å². The van der Waals surface area contributed by atoms with Crippen molar-refractivity contribution in [2.75, 3.05) is 0 Å². The van der Waals surface area contributed by atoms with Crippen molar-refractivity contribution in [3.63, 3.8) is 0 Å². The Morgan fingerprint density at radius 2 is 2.19 bits per heavy atom. The molecule has 0 amide bonds. The van der Waals surface area contributed by atoms with Crippen molar-refractivity contribution < 1.29 is 9.47 Å². The van der Waals surface area contributed by atoms with Crippen molar-refractivity contribution in [2.24, 2.45) is 5.73 Å². The van der Waals surface area contributed by atoms with Crippen LogP contribution in [0.3, 0.4) is 0 Å². The van der Waals surface area contributed by atoms with Gasteiger partial charge >= 0.3 is 0 Å². The molecular formula is C21H24N4O2. The van der Waals surface area contributed by atoms with E-state index in [1.165, 1.54) is 12.8 Å². The van der Waals surface area contributed by atoms with Crippen molar-refractivity contribution >= 4 is 0 Å². The molecule has 2 aliphatic rings. The fraction of sp³-hybridized carbons (Fsp3) is 0.429. The number of benzene rings is 1. The Balaban J connectivity index is 1.75. The molecule has 27 heavy (non-hydrogen) atoms. The molecule has 1 aliphatic carbocycles. The molecule has 1 aromatic carbocycles. The largest absolute Gasteiger partial charge is 0.490 e. The summed E-state index contributed by atoms with van der Waals surface area (Å²) in [4.78, 5) is 0. The van der Waals surface area contributed by atoms with Gasteiger partial charge in [0.25, 0.3) is 0 Å². The maximum absolute atomic E-state index is 9.75. The summed E-state index contributed by atoms with van der Waals surface area (Å²) < 4.78 is 11.8. The molecule has 0 unspecified atom stereocenters.